The molecule has 0 radical (unpaired) electrons. The van der Waals surface area contributed by atoms with E-state index in [2.05, 4.69) is 21.3 Å². The molecule has 370 valence electrons. The molecule has 0 bridgehead atoms. The largest absolute Gasteiger partial charge is 0.481 e. The zero-order chi connectivity index (χ0) is 51.6. The van der Waals surface area contributed by atoms with Crippen molar-refractivity contribution in [1.29, 1.82) is 0 Å². The normalized spacial score (nSPS) is 11.9. The van der Waals surface area contributed by atoms with E-state index in [0.717, 1.165) is 33.4 Å². The number of nitrogens with one attached hydrogen (secondary N) is 4. The van der Waals surface area contributed by atoms with Gasteiger partial charge in [-0.1, -0.05) is 109 Å². The van der Waals surface area contributed by atoms with Crippen LogP contribution in [0.15, 0.2) is 158 Å². The summed E-state index contributed by atoms with van der Waals surface area (Å²) in [7, 11) is 1.27. The monoisotopic (exact) mass is 966 g/mol. The number of methoxy groups -OCH3 is 1. The SMILES string of the molecule is CC(C)(Cc1ccc(F)cc1)NC(=O)[C@H](CCC(=O)O)NC(=O)c1ccc(-c2ccccc2)cc1.COC(=O)CC[C@H](NC(=O)c1ccc(-c2ccccc2)cc1)C(=O)NC(C)(C)Cc1ccc(F)cc1. The predicted octanol–water partition coefficient (Wildman–Crippen LogP) is 9.28. The van der Waals surface area contributed by atoms with Crippen LogP contribution in [0.4, 0.5) is 8.78 Å². The summed E-state index contributed by atoms with van der Waals surface area (Å²) in [6.45, 7) is 7.31. The van der Waals surface area contributed by atoms with Gasteiger partial charge in [0, 0.05) is 35.0 Å². The summed E-state index contributed by atoms with van der Waals surface area (Å²) in [6.07, 6.45) is 0.613. The second kappa shape index (κ2) is 25.6. The number of hydrogen-bond acceptors (Lipinski definition) is 7. The van der Waals surface area contributed by atoms with Crippen LogP contribution in [0.25, 0.3) is 22.3 Å². The van der Waals surface area contributed by atoms with E-state index in [9.17, 15) is 37.5 Å². The van der Waals surface area contributed by atoms with Crippen LogP contribution in [0.2, 0.25) is 0 Å². The molecular formula is C57H60F2N4O8. The topological polar surface area (TPSA) is 180 Å². The number of hydrogen-bond donors (Lipinski definition) is 5. The van der Waals surface area contributed by atoms with E-state index in [-0.39, 0.29) is 37.3 Å². The number of aliphatic carboxylic acids is 1. The van der Waals surface area contributed by atoms with Crippen molar-refractivity contribution in [3.05, 3.63) is 192 Å². The average molecular weight is 967 g/mol. The van der Waals surface area contributed by atoms with Crippen LogP contribution in [0.1, 0.15) is 85.2 Å². The van der Waals surface area contributed by atoms with Crippen molar-refractivity contribution in [2.75, 3.05) is 7.11 Å². The fourth-order valence-electron chi connectivity index (χ4n) is 7.70. The standard InChI is InChI=1S/C29H31FN2O4.C28H29FN2O4/c1-29(2,19-20-9-15-24(30)16-10-20)32-28(35)25(17-18-26(33)36-3)31-27(34)23-13-11-22(12-14-23)21-7-5-4-6-8-21;1-28(2,18-19-8-14-23(29)15-9-19)31-27(35)24(16-17-25(32)33)30-26(34)22-12-10-21(11-13-22)20-6-4-3-5-7-20/h4-16,25H,17-19H2,1-3H3,(H,31,34)(H,32,35);3-15,24H,16-18H2,1-2H3,(H,30,34)(H,31,35)(H,32,33)/t25-;24-/m00/s1. The molecular weight excluding hydrogens is 907 g/mol. The van der Waals surface area contributed by atoms with Crippen LogP contribution < -0.4 is 21.3 Å². The molecule has 0 aliphatic carbocycles. The highest BCUT2D eigenvalue weighted by atomic mass is 19.1. The quantitative estimate of drug-likeness (QED) is 0.0470. The first-order valence-electron chi connectivity index (χ1n) is 23.1. The van der Waals surface area contributed by atoms with Gasteiger partial charge < -0.3 is 31.1 Å². The molecule has 0 heterocycles. The molecule has 0 aromatic heterocycles. The Morgan fingerprint density at radius 3 is 1.17 bits per heavy atom. The third-order valence-corrected chi connectivity index (χ3v) is 11.3. The number of amides is 4. The van der Waals surface area contributed by atoms with Gasteiger partial charge in [0.25, 0.3) is 11.8 Å². The number of halogens is 2. The number of carboxylic acid groups (broad SMARTS) is 1. The summed E-state index contributed by atoms with van der Waals surface area (Å²) in [4.78, 5) is 74.9. The molecule has 0 aliphatic rings. The second-order valence-corrected chi connectivity index (χ2v) is 18.3. The van der Waals surface area contributed by atoms with Crippen LogP contribution in [0.5, 0.6) is 0 Å². The number of rotatable bonds is 20. The van der Waals surface area contributed by atoms with Gasteiger partial charge in [-0.3, -0.25) is 28.8 Å². The van der Waals surface area contributed by atoms with Gasteiger partial charge in [0.15, 0.2) is 0 Å². The zero-order valence-electron chi connectivity index (χ0n) is 40.5. The molecule has 0 fully saturated rings. The number of carboxylic acids is 1. The molecule has 71 heavy (non-hydrogen) atoms. The van der Waals surface area contributed by atoms with Crippen molar-refractivity contribution in [1.82, 2.24) is 21.3 Å². The molecule has 0 saturated carbocycles. The Hall–Kier alpha value is -8.00. The molecule has 14 heteroatoms. The predicted molar refractivity (Wildman–Crippen MR) is 269 cm³/mol. The average Bonchev–Trinajstić information content (AvgIpc) is 3.35. The third kappa shape index (κ3) is 17.8. The van der Waals surface area contributed by atoms with Crippen LogP contribution in [0.3, 0.4) is 0 Å². The molecule has 12 nitrogen and oxygen atoms in total. The Kier molecular flexibility index (Phi) is 19.4. The molecule has 0 saturated heterocycles. The van der Waals surface area contributed by atoms with Gasteiger partial charge in [-0.25, -0.2) is 8.78 Å². The maximum absolute atomic E-state index is 13.2. The van der Waals surface area contributed by atoms with Gasteiger partial charge in [-0.05, 0) is 135 Å². The lowest BCUT2D eigenvalue weighted by Gasteiger charge is -2.29. The fourth-order valence-corrected chi connectivity index (χ4v) is 7.70. The smallest absolute Gasteiger partial charge is 0.305 e. The molecule has 0 aliphatic heterocycles. The molecule has 4 amide bonds. The van der Waals surface area contributed by atoms with Crippen molar-refractivity contribution in [2.45, 2.75) is 89.4 Å². The summed E-state index contributed by atoms with van der Waals surface area (Å²) < 4.78 is 31.1. The van der Waals surface area contributed by atoms with E-state index in [1.165, 1.54) is 31.4 Å². The van der Waals surface area contributed by atoms with E-state index in [0.29, 0.717) is 24.0 Å². The summed E-state index contributed by atoms with van der Waals surface area (Å²) in [5, 5.41) is 20.4. The van der Waals surface area contributed by atoms with E-state index < -0.39 is 58.7 Å². The Balaban J connectivity index is 0.000000264. The minimum absolute atomic E-state index is 0.0276. The first-order valence-corrected chi connectivity index (χ1v) is 23.1. The van der Waals surface area contributed by atoms with Crippen LogP contribution in [-0.4, -0.2) is 70.9 Å². The van der Waals surface area contributed by atoms with Crippen molar-refractivity contribution < 1.29 is 47.4 Å². The molecule has 0 spiro atoms. The van der Waals surface area contributed by atoms with Gasteiger partial charge in [0.2, 0.25) is 11.8 Å². The maximum atomic E-state index is 13.2. The van der Waals surface area contributed by atoms with Gasteiger partial charge in [0.05, 0.1) is 7.11 Å². The molecule has 5 N–H and O–H groups in total. The Morgan fingerprint density at radius 2 is 0.831 bits per heavy atom. The van der Waals surface area contributed by atoms with Crippen LogP contribution in [-0.2, 0) is 36.8 Å². The highest BCUT2D eigenvalue weighted by Crippen LogP contribution is 2.22. The minimum Gasteiger partial charge on any atom is -0.481 e. The van der Waals surface area contributed by atoms with Gasteiger partial charge in [-0.2, -0.15) is 0 Å². The molecule has 2 atom stereocenters. The molecule has 0 unspecified atom stereocenters. The lowest BCUT2D eigenvalue weighted by molar-refractivity contribution is -0.141. The van der Waals surface area contributed by atoms with Gasteiger partial charge >= 0.3 is 11.9 Å². The number of carbonyl (C=O) groups excluding carboxylic acids is 5. The fraction of sp³-hybridized carbons (Fsp3) is 0.263. The van der Waals surface area contributed by atoms with E-state index >= 15 is 0 Å². The number of esters is 1. The zero-order valence-corrected chi connectivity index (χ0v) is 40.5. The van der Waals surface area contributed by atoms with Crippen molar-refractivity contribution in [3.63, 3.8) is 0 Å². The first kappa shape index (κ1) is 53.9. The molecule has 6 rings (SSSR count). The number of benzene rings is 6. The van der Waals surface area contributed by atoms with E-state index in [1.807, 2.05) is 113 Å². The van der Waals surface area contributed by atoms with Crippen molar-refractivity contribution in [3.8, 4) is 22.3 Å². The maximum Gasteiger partial charge on any atom is 0.305 e. The first-order chi connectivity index (χ1) is 33.8. The van der Waals surface area contributed by atoms with E-state index in [4.69, 9.17) is 9.84 Å². The highest BCUT2D eigenvalue weighted by Gasteiger charge is 2.30. The van der Waals surface area contributed by atoms with Gasteiger partial charge in [-0.15, -0.1) is 0 Å². The Bertz CT molecular complexity index is 2710. The Labute approximate surface area is 413 Å². The van der Waals surface area contributed by atoms with Crippen LogP contribution in [0, 0.1) is 11.6 Å². The van der Waals surface area contributed by atoms with Crippen LogP contribution >= 0.6 is 0 Å². The summed E-state index contributed by atoms with van der Waals surface area (Å²) in [6, 6.07) is 43.7. The van der Waals surface area contributed by atoms with E-state index in [1.54, 1.807) is 48.5 Å². The molecule has 6 aromatic rings. The van der Waals surface area contributed by atoms with Crippen molar-refractivity contribution in [2.24, 2.45) is 0 Å². The summed E-state index contributed by atoms with van der Waals surface area (Å²) >= 11 is 0. The highest BCUT2D eigenvalue weighted by molar-refractivity contribution is 5.99. The second-order valence-electron chi connectivity index (χ2n) is 18.3. The van der Waals surface area contributed by atoms with Gasteiger partial charge in [0.1, 0.15) is 23.7 Å². The third-order valence-electron chi connectivity index (χ3n) is 11.3. The number of carbonyl (C=O) groups is 6. The summed E-state index contributed by atoms with van der Waals surface area (Å²) in [5.74, 6) is -3.99. The lowest BCUT2D eigenvalue weighted by Crippen LogP contribution is -2.54. The number of ether oxygens (including phenoxy) is 1. The lowest BCUT2D eigenvalue weighted by atomic mass is 9.94. The summed E-state index contributed by atoms with van der Waals surface area (Å²) in [5.41, 5.74) is 5.03. The van der Waals surface area contributed by atoms with Crippen molar-refractivity contribution >= 4 is 35.6 Å². The minimum atomic E-state index is -1.06. The molecule has 6 aromatic carbocycles. The Morgan fingerprint density at radius 1 is 0.493 bits per heavy atom.